The predicted octanol–water partition coefficient (Wildman–Crippen LogP) is 0.763. The van der Waals surface area contributed by atoms with Crippen LogP contribution in [0.1, 0.15) is 18.2 Å². The zero-order chi connectivity index (χ0) is 17.2. The van der Waals surface area contributed by atoms with Crippen molar-refractivity contribution in [2.75, 3.05) is 12.3 Å². The highest BCUT2D eigenvalue weighted by Crippen LogP contribution is 2.19. The highest BCUT2D eigenvalue weighted by molar-refractivity contribution is 7.89. The van der Waals surface area contributed by atoms with E-state index < -0.39 is 16.1 Å². The molecule has 2 aromatic rings. The van der Waals surface area contributed by atoms with Crippen LogP contribution in [0.5, 0.6) is 5.88 Å². The lowest BCUT2D eigenvalue weighted by Gasteiger charge is -2.23. The average molecular weight is 347 g/mol. The Bertz CT molecular complexity index is 854. The first-order valence-corrected chi connectivity index (χ1v) is 9.14. The molecule has 24 heavy (non-hydrogen) atoms. The topological polar surface area (TPSA) is 101 Å². The fourth-order valence-electron chi connectivity index (χ4n) is 2.54. The molecule has 8 nitrogen and oxygen atoms in total. The summed E-state index contributed by atoms with van der Waals surface area (Å²) < 4.78 is 33.6. The van der Waals surface area contributed by atoms with Gasteiger partial charge in [-0.1, -0.05) is 0 Å². The molecule has 0 spiro atoms. The number of aromatic nitrogens is 3. The van der Waals surface area contributed by atoms with Crippen LogP contribution < -0.4 is 4.74 Å². The van der Waals surface area contributed by atoms with Crippen molar-refractivity contribution in [1.82, 2.24) is 19.1 Å². The lowest BCUT2D eigenvalue weighted by molar-refractivity contribution is 0.151. The minimum absolute atomic E-state index is 0.0307. The molecule has 3 heterocycles. The molecule has 3 rings (SSSR count). The maximum absolute atomic E-state index is 12.3. The van der Waals surface area contributed by atoms with Gasteiger partial charge in [-0.2, -0.15) is 14.7 Å². The van der Waals surface area contributed by atoms with Gasteiger partial charge in [0.25, 0.3) is 0 Å². The molecule has 1 atom stereocenters. The van der Waals surface area contributed by atoms with Gasteiger partial charge in [-0.3, -0.25) is 4.68 Å². The molecule has 0 fully saturated rings. The summed E-state index contributed by atoms with van der Waals surface area (Å²) in [7, 11) is -3.35. The number of fused-ring (bicyclic) bond motifs is 1. The molecule has 9 heteroatoms. The van der Waals surface area contributed by atoms with E-state index in [1.807, 2.05) is 6.07 Å². The lowest BCUT2D eigenvalue weighted by atomic mass is 10.3. The largest absolute Gasteiger partial charge is 0.471 e. The van der Waals surface area contributed by atoms with E-state index in [0.29, 0.717) is 18.0 Å². The lowest BCUT2D eigenvalue weighted by Crippen LogP contribution is -2.39. The van der Waals surface area contributed by atoms with Crippen molar-refractivity contribution in [2.45, 2.75) is 26.1 Å². The molecule has 0 amide bonds. The van der Waals surface area contributed by atoms with Gasteiger partial charge in [0.2, 0.25) is 15.9 Å². The monoisotopic (exact) mass is 347 g/mol. The number of pyridine rings is 1. The van der Waals surface area contributed by atoms with E-state index in [2.05, 4.69) is 10.1 Å². The van der Waals surface area contributed by atoms with Gasteiger partial charge < -0.3 is 4.74 Å². The summed E-state index contributed by atoms with van der Waals surface area (Å²) in [5.41, 5.74) is 1.26. The summed E-state index contributed by atoms with van der Waals surface area (Å²) in [6.07, 6.45) is 2.65. The number of hydrogen-bond acceptors (Lipinski definition) is 6. The fraction of sp³-hybridized carbons (Fsp3) is 0.400. The number of nitrogens with zero attached hydrogens (tertiary/aromatic N) is 5. The first-order chi connectivity index (χ1) is 11.5. The quantitative estimate of drug-likeness (QED) is 0.809. The molecule has 0 saturated heterocycles. The third kappa shape index (κ3) is 3.39. The van der Waals surface area contributed by atoms with Gasteiger partial charge in [-0.25, -0.2) is 13.4 Å². The SMILES string of the molecule is CCS(=O)(=O)N1Cc2ccnn2CC(Oc2ccc(C#N)cn2)C1. The Hall–Kier alpha value is -2.44. The van der Waals surface area contributed by atoms with Crippen LogP contribution >= 0.6 is 0 Å². The zero-order valence-electron chi connectivity index (χ0n) is 13.2. The molecule has 0 saturated carbocycles. The van der Waals surface area contributed by atoms with Crippen molar-refractivity contribution in [3.63, 3.8) is 0 Å². The number of ether oxygens (including phenoxy) is 1. The van der Waals surface area contributed by atoms with Crippen molar-refractivity contribution in [2.24, 2.45) is 0 Å². The third-order valence-electron chi connectivity index (χ3n) is 3.84. The fourth-order valence-corrected chi connectivity index (χ4v) is 3.63. The molecular weight excluding hydrogens is 330 g/mol. The van der Waals surface area contributed by atoms with E-state index in [4.69, 9.17) is 10.00 Å². The number of sulfonamides is 1. The van der Waals surface area contributed by atoms with E-state index in [0.717, 1.165) is 5.69 Å². The van der Waals surface area contributed by atoms with Gasteiger partial charge in [-0.15, -0.1) is 0 Å². The smallest absolute Gasteiger partial charge is 0.214 e. The molecule has 0 N–H and O–H groups in total. The average Bonchev–Trinajstić information content (AvgIpc) is 2.94. The molecular formula is C15H17N5O3S. The normalized spacial score (nSPS) is 18.4. The Balaban J connectivity index is 1.85. The summed E-state index contributed by atoms with van der Waals surface area (Å²) in [5.74, 6) is 0.381. The minimum Gasteiger partial charge on any atom is -0.471 e. The Kier molecular flexibility index (Phi) is 4.51. The van der Waals surface area contributed by atoms with Crippen LogP contribution in [0.15, 0.2) is 30.6 Å². The molecule has 0 aliphatic carbocycles. The summed E-state index contributed by atoms with van der Waals surface area (Å²) in [4.78, 5) is 4.08. The van der Waals surface area contributed by atoms with Gasteiger partial charge in [0.15, 0.2) is 0 Å². The van der Waals surface area contributed by atoms with Crippen molar-refractivity contribution in [1.29, 1.82) is 5.26 Å². The van der Waals surface area contributed by atoms with Crippen molar-refractivity contribution < 1.29 is 13.2 Å². The van der Waals surface area contributed by atoms with E-state index in [1.165, 1.54) is 10.5 Å². The molecule has 0 aromatic carbocycles. The van der Waals surface area contributed by atoms with Crippen LogP contribution in [-0.4, -0.2) is 45.9 Å². The summed E-state index contributed by atoms with van der Waals surface area (Å²) in [6, 6.07) is 7.01. The van der Waals surface area contributed by atoms with Crippen LogP contribution in [0.4, 0.5) is 0 Å². The van der Waals surface area contributed by atoms with Gasteiger partial charge >= 0.3 is 0 Å². The van der Waals surface area contributed by atoms with Crippen molar-refractivity contribution in [3.05, 3.63) is 41.9 Å². The first-order valence-electron chi connectivity index (χ1n) is 7.53. The summed E-state index contributed by atoms with van der Waals surface area (Å²) >= 11 is 0. The highest BCUT2D eigenvalue weighted by Gasteiger charge is 2.30. The van der Waals surface area contributed by atoms with Gasteiger partial charge in [-0.05, 0) is 19.1 Å². The van der Waals surface area contributed by atoms with Crippen molar-refractivity contribution in [3.8, 4) is 11.9 Å². The summed E-state index contributed by atoms with van der Waals surface area (Å²) in [6.45, 7) is 2.55. The van der Waals surface area contributed by atoms with E-state index >= 15 is 0 Å². The van der Waals surface area contributed by atoms with E-state index in [-0.39, 0.29) is 18.8 Å². The molecule has 1 unspecified atom stereocenters. The van der Waals surface area contributed by atoms with E-state index in [1.54, 1.807) is 36.0 Å². The van der Waals surface area contributed by atoms with Crippen LogP contribution in [0.3, 0.4) is 0 Å². The number of nitriles is 1. The van der Waals surface area contributed by atoms with Gasteiger partial charge in [0.05, 0.1) is 36.6 Å². The number of hydrogen-bond donors (Lipinski definition) is 0. The second-order valence-corrected chi connectivity index (χ2v) is 7.69. The van der Waals surface area contributed by atoms with Crippen LogP contribution in [0, 0.1) is 11.3 Å². The van der Waals surface area contributed by atoms with Crippen LogP contribution in [-0.2, 0) is 23.1 Å². The maximum Gasteiger partial charge on any atom is 0.214 e. The highest BCUT2D eigenvalue weighted by atomic mass is 32.2. The molecule has 0 bridgehead atoms. The second-order valence-electron chi connectivity index (χ2n) is 5.43. The zero-order valence-corrected chi connectivity index (χ0v) is 14.0. The Morgan fingerprint density at radius 2 is 2.21 bits per heavy atom. The van der Waals surface area contributed by atoms with Gasteiger partial charge in [0.1, 0.15) is 12.2 Å². The molecule has 0 radical (unpaired) electrons. The molecule has 1 aliphatic heterocycles. The third-order valence-corrected chi connectivity index (χ3v) is 5.63. The van der Waals surface area contributed by atoms with E-state index in [9.17, 15) is 8.42 Å². The van der Waals surface area contributed by atoms with Gasteiger partial charge in [0, 0.05) is 18.5 Å². The predicted molar refractivity (Wildman–Crippen MR) is 85.5 cm³/mol. The summed E-state index contributed by atoms with van der Waals surface area (Å²) in [5, 5.41) is 13.0. The Morgan fingerprint density at radius 3 is 2.88 bits per heavy atom. The second kappa shape index (κ2) is 6.59. The molecule has 126 valence electrons. The van der Waals surface area contributed by atoms with Crippen molar-refractivity contribution >= 4 is 10.0 Å². The van der Waals surface area contributed by atoms with Crippen LogP contribution in [0.25, 0.3) is 0 Å². The Labute approximate surface area is 140 Å². The Morgan fingerprint density at radius 1 is 1.38 bits per heavy atom. The number of rotatable bonds is 4. The minimum atomic E-state index is -3.35. The standard InChI is InChI=1S/C15H17N5O3S/c1-2-24(21,22)19-9-13-5-6-18-20(13)11-14(10-19)23-15-4-3-12(7-16)8-17-15/h3-6,8,14H,2,9-11H2,1H3. The first kappa shape index (κ1) is 16.4. The maximum atomic E-state index is 12.3. The molecule has 2 aromatic heterocycles. The van der Waals surface area contributed by atoms with Crippen LogP contribution in [0.2, 0.25) is 0 Å². The molecule has 1 aliphatic rings.